The van der Waals surface area contributed by atoms with E-state index in [1.807, 2.05) is 31.2 Å². The Morgan fingerprint density at radius 3 is 2.08 bits per heavy atom. The molecule has 0 spiro atoms. The molecule has 1 aliphatic rings. The summed E-state index contributed by atoms with van der Waals surface area (Å²) >= 11 is 0. The van der Waals surface area contributed by atoms with Gasteiger partial charge < -0.3 is 4.74 Å². The van der Waals surface area contributed by atoms with Crippen LogP contribution in [-0.4, -0.2) is 29.3 Å². The van der Waals surface area contributed by atoms with Crippen LogP contribution in [0.5, 0.6) is 0 Å². The predicted molar refractivity (Wildman–Crippen MR) is 92.1 cm³/mol. The van der Waals surface area contributed by atoms with Crippen molar-refractivity contribution in [1.82, 2.24) is 4.90 Å². The van der Waals surface area contributed by atoms with Crippen molar-refractivity contribution in [2.75, 3.05) is 6.61 Å². The lowest BCUT2D eigenvalue weighted by Crippen LogP contribution is -2.35. The number of ether oxygens (including phenoxy) is 1. The van der Waals surface area contributed by atoms with Gasteiger partial charge >= 0.3 is 5.97 Å². The van der Waals surface area contributed by atoms with Gasteiger partial charge in [0.2, 0.25) is 0 Å². The highest BCUT2D eigenvalue weighted by atomic mass is 16.5. The number of esters is 1. The van der Waals surface area contributed by atoms with Gasteiger partial charge in [-0.05, 0) is 31.5 Å². The summed E-state index contributed by atoms with van der Waals surface area (Å²) in [7, 11) is 0. The highest BCUT2D eigenvalue weighted by Crippen LogP contribution is 2.33. The Balaban J connectivity index is 2.00. The van der Waals surface area contributed by atoms with Crippen LogP contribution in [0.15, 0.2) is 48.5 Å². The topological polar surface area (TPSA) is 63.7 Å². The average Bonchev–Trinajstić information content (AvgIpc) is 2.86. The van der Waals surface area contributed by atoms with Gasteiger partial charge in [0.15, 0.2) is 0 Å². The van der Waals surface area contributed by atoms with Crippen molar-refractivity contribution < 1.29 is 19.1 Å². The average molecular weight is 337 g/mol. The Labute approximate surface area is 146 Å². The first-order chi connectivity index (χ1) is 12.0. The predicted octanol–water partition coefficient (Wildman–Crippen LogP) is 3.29. The van der Waals surface area contributed by atoms with Gasteiger partial charge in [-0.1, -0.05) is 42.0 Å². The molecule has 2 aromatic carbocycles. The number of fused-ring (bicyclic) bond motifs is 1. The molecular formula is C20H19NO4. The number of carbonyl (C=O) groups is 3. The maximum absolute atomic E-state index is 12.8. The van der Waals surface area contributed by atoms with Gasteiger partial charge in [0.25, 0.3) is 11.8 Å². The second-order valence-electron chi connectivity index (χ2n) is 5.96. The number of carbonyl (C=O) groups excluding carboxylic acids is 3. The molecule has 0 aromatic heterocycles. The maximum Gasteiger partial charge on any atom is 0.308 e. The first-order valence-electron chi connectivity index (χ1n) is 8.22. The SMILES string of the molecule is CCOC(=O)C[C@@H](c1ccc(C)cc1)N1C(=O)c2ccccc2C1=O. The Hall–Kier alpha value is -2.95. The van der Waals surface area contributed by atoms with Crippen molar-refractivity contribution >= 4 is 17.8 Å². The fourth-order valence-corrected chi connectivity index (χ4v) is 3.02. The molecule has 0 fully saturated rings. The van der Waals surface area contributed by atoms with Gasteiger partial charge in [-0.3, -0.25) is 19.3 Å². The Morgan fingerprint density at radius 1 is 1.00 bits per heavy atom. The lowest BCUT2D eigenvalue weighted by atomic mass is 10.0. The third kappa shape index (κ3) is 3.18. The van der Waals surface area contributed by atoms with Crippen LogP contribution in [0.2, 0.25) is 0 Å². The van der Waals surface area contributed by atoms with E-state index in [0.29, 0.717) is 11.1 Å². The molecule has 0 unspecified atom stereocenters. The Morgan fingerprint density at radius 2 is 1.56 bits per heavy atom. The quantitative estimate of drug-likeness (QED) is 0.620. The van der Waals surface area contributed by atoms with Crippen molar-refractivity contribution in [3.63, 3.8) is 0 Å². The van der Waals surface area contributed by atoms with E-state index in [9.17, 15) is 14.4 Å². The first kappa shape index (κ1) is 16.9. The molecule has 0 aliphatic carbocycles. The van der Waals surface area contributed by atoms with Gasteiger partial charge in [0, 0.05) is 0 Å². The normalized spacial score (nSPS) is 14.4. The zero-order valence-electron chi connectivity index (χ0n) is 14.2. The zero-order valence-corrected chi connectivity index (χ0v) is 14.2. The van der Waals surface area contributed by atoms with Crippen molar-refractivity contribution in [2.24, 2.45) is 0 Å². The molecule has 1 atom stereocenters. The molecule has 128 valence electrons. The van der Waals surface area contributed by atoms with Crippen LogP contribution in [0.3, 0.4) is 0 Å². The molecule has 0 bridgehead atoms. The number of imide groups is 1. The molecule has 0 radical (unpaired) electrons. The van der Waals surface area contributed by atoms with E-state index in [-0.39, 0.29) is 24.8 Å². The van der Waals surface area contributed by atoms with Gasteiger partial charge in [-0.25, -0.2) is 0 Å². The largest absolute Gasteiger partial charge is 0.466 e. The number of nitrogens with zero attached hydrogens (tertiary/aromatic N) is 1. The number of aryl methyl sites for hydroxylation is 1. The lowest BCUT2D eigenvalue weighted by Gasteiger charge is -2.26. The van der Waals surface area contributed by atoms with Crippen LogP contribution in [0.1, 0.15) is 51.2 Å². The van der Waals surface area contributed by atoms with Crippen molar-refractivity contribution in [1.29, 1.82) is 0 Å². The van der Waals surface area contributed by atoms with Crippen molar-refractivity contribution in [3.8, 4) is 0 Å². The van der Waals surface area contributed by atoms with Gasteiger partial charge in [-0.15, -0.1) is 0 Å². The summed E-state index contributed by atoms with van der Waals surface area (Å²) in [5.41, 5.74) is 2.52. The Kier molecular flexibility index (Phi) is 4.65. The van der Waals surface area contributed by atoms with Gasteiger partial charge in [0.1, 0.15) is 0 Å². The summed E-state index contributed by atoms with van der Waals surface area (Å²) in [6, 6.07) is 13.5. The molecule has 0 N–H and O–H groups in total. The second kappa shape index (κ2) is 6.89. The summed E-state index contributed by atoms with van der Waals surface area (Å²) in [6.07, 6.45) is -0.0671. The summed E-state index contributed by atoms with van der Waals surface area (Å²) < 4.78 is 5.04. The van der Waals surface area contributed by atoms with E-state index in [2.05, 4.69) is 0 Å². The molecule has 0 saturated carbocycles. The van der Waals surface area contributed by atoms with E-state index in [0.717, 1.165) is 11.1 Å². The number of amides is 2. The monoisotopic (exact) mass is 337 g/mol. The highest BCUT2D eigenvalue weighted by Gasteiger charge is 2.41. The van der Waals surface area contributed by atoms with E-state index >= 15 is 0 Å². The van der Waals surface area contributed by atoms with E-state index in [4.69, 9.17) is 4.74 Å². The fraction of sp³-hybridized carbons (Fsp3) is 0.250. The smallest absolute Gasteiger partial charge is 0.308 e. The molecule has 5 heteroatoms. The standard InChI is InChI=1S/C20H19NO4/c1-3-25-18(22)12-17(14-10-8-13(2)9-11-14)21-19(23)15-6-4-5-7-16(15)20(21)24/h4-11,17H,3,12H2,1-2H3/t17-/m0/s1. The van der Waals surface area contributed by atoms with Crippen LogP contribution >= 0.6 is 0 Å². The minimum absolute atomic E-state index is 0.0671. The molecule has 0 saturated heterocycles. The number of benzene rings is 2. The maximum atomic E-state index is 12.8. The van der Waals surface area contributed by atoms with Crippen LogP contribution in [0.25, 0.3) is 0 Å². The molecule has 3 rings (SSSR count). The van der Waals surface area contributed by atoms with E-state index < -0.39 is 12.0 Å². The molecule has 1 heterocycles. The molecule has 1 aliphatic heterocycles. The van der Waals surface area contributed by atoms with Gasteiger partial charge in [0.05, 0.1) is 30.2 Å². The Bertz CT molecular complexity index is 791. The summed E-state index contributed by atoms with van der Waals surface area (Å²) in [5.74, 6) is -1.20. The van der Waals surface area contributed by atoms with E-state index in [1.54, 1.807) is 31.2 Å². The number of hydrogen-bond donors (Lipinski definition) is 0. The lowest BCUT2D eigenvalue weighted by molar-refractivity contribution is -0.144. The van der Waals surface area contributed by atoms with Gasteiger partial charge in [-0.2, -0.15) is 0 Å². The third-order valence-electron chi connectivity index (χ3n) is 4.26. The zero-order chi connectivity index (χ0) is 18.0. The second-order valence-corrected chi connectivity index (χ2v) is 5.96. The van der Waals surface area contributed by atoms with E-state index in [1.165, 1.54) is 4.90 Å². The number of hydrogen-bond acceptors (Lipinski definition) is 4. The minimum Gasteiger partial charge on any atom is -0.466 e. The molecule has 2 amide bonds. The fourth-order valence-electron chi connectivity index (χ4n) is 3.02. The minimum atomic E-state index is -0.688. The van der Waals surface area contributed by atoms with Crippen LogP contribution < -0.4 is 0 Å². The number of rotatable bonds is 5. The third-order valence-corrected chi connectivity index (χ3v) is 4.26. The summed E-state index contributed by atoms with van der Waals surface area (Å²) in [5, 5.41) is 0. The van der Waals surface area contributed by atoms with Crippen molar-refractivity contribution in [3.05, 3.63) is 70.8 Å². The molecule has 2 aromatic rings. The van der Waals surface area contributed by atoms with Crippen LogP contribution in [0, 0.1) is 6.92 Å². The first-order valence-corrected chi connectivity index (χ1v) is 8.22. The molecule has 25 heavy (non-hydrogen) atoms. The highest BCUT2D eigenvalue weighted by molar-refractivity contribution is 6.21. The van der Waals surface area contributed by atoms with Crippen molar-refractivity contribution in [2.45, 2.75) is 26.3 Å². The summed E-state index contributed by atoms with van der Waals surface area (Å²) in [6.45, 7) is 3.93. The van der Waals surface area contributed by atoms with Crippen LogP contribution in [-0.2, 0) is 9.53 Å². The molecule has 5 nitrogen and oxygen atoms in total. The molecular weight excluding hydrogens is 318 g/mol. The van der Waals surface area contributed by atoms with Crippen LogP contribution in [0.4, 0.5) is 0 Å². The summed E-state index contributed by atoms with van der Waals surface area (Å²) in [4.78, 5) is 38.8.